The van der Waals surface area contributed by atoms with Crippen molar-refractivity contribution in [2.24, 2.45) is 0 Å². The molecule has 12 nitrogen and oxygen atoms in total. The highest BCUT2D eigenvalue weighted by molar-refractivity contribution is 7.89. The minimum Gasteiger partial charge on any atom is -0.491 e. The number of aromatic nitrogens is 2. The molecule has 0 saturated carbocycles. The van der Waals surface area contributed by atoms with Gasteiger partial charge in [0.15, 0.2) is 0 Å². The fourth-order valence-electron chi connectivity index (χ4n) is 5.37. The van der Waals surface area contributed by atoms with E-state index >= 15 is 0 Å². The first-order valence-corrected chi connectivity index (χ1v) is 16.4. The summed E-state index contributed by atoms with van der Waals surface area (Å²) in [6, 6.07) is 6.83. The van der Waals surface area contributed by atoms with Crippen LogP contribution in [0.1, 0.15) is 24.8 Å². The van der Waals surface area contributed by atoms with Crippen LogP contribution in [0.15, 0.2) is 52.5 Å². The highest BCUT2D eigenvalue weighted by Gasteiger charge is 2.45. The molecule has 2 aliphatic heterocycles. The van der Waals surface area contributed by atoms with Gasteiger partial charge in [-0.15, -0.1) is 24.8 Å². The second-order valence-corrected chi connectivity index (χ2v) is 14.4. The first-order chi connectivity index (χ1) is 20.2. The van der Waals surface area contributed by atoms with Crippen LogP contribution in [0.25, 0.3) is 11.0 Å². The van der Waals surface area contributed by atoms with Gasteiger partial charge in [0.25, 0.3) is 0 Å². The molecular weight excluding hydrogens is 686 g/mol. The minimum absolute atomic E-state index is 0. The maximum Gasteiger partial charge on any atom is 0.418 e. The summed E-state index contributed by atoms with van der Waals surface area (Å²) in [4.78, 5) is 6.05. The average Bonchev–Trinajstić information content (AvgIpc) is 3.59. The number of pyridine rings is 1. The minimum atomic E-state index is -4.66. The van der Waals surface area contributed by atoms with Crippen molar-refractivity contribution in [1.82, 2.24) is 24.3 Å². The predicted molar refractivity (Wildman–Crippen MR) is 163 cm³/mol. The number of halogens is 5. The number of fused-ring (bicyclic) bond motifs is 1. The molecule has 1 unspecified atom stereocenters. The van der Waals surface area contributed by atoms with E-state index in [4.69, 9.17) is 9.47 Å². The molecular formula is C26H34Cl2F3N5O7S2. The van der Waals surface area contributed by atoms with Gasteiger partial charge in [0, 0.05) is 49.5 Å². The van der Waals surface area contributed by atoms with Gasteiger partial charge in [-0.1, -0.05) is 6.07 Å². The predicted octanol–water partition coefficient (Wildman–Crippen LogP) is 2.68. The topological polar surface area (TPSA) is 163 Å². The van der Waals surface area contributed by atoms with Gasteiger partial charge < -0.3 is 24.9 Å². The number of hydrogen-bond donors (Lipinski definition) is 4. The number of aliphatic hydroxyl groups excluding tert-OH is 1. The van der Waals surface area contributed by atoms with E-state index in [9.17, 15) is 35.1 Å². The van der Waals surface area contributed by atoms with E-state index in [-0.39, 0.29) is 77.9 Å². The summed E-state index contributed by atoms with van der Waals surface area (Å²) in [5.41, 5.74) is -1.59. The fraction of sp³-hybridized carbons (Fsp3) is 0.500. The molecule has 0 radical (unpaired) electrons. The van der Waals surface area contributed by atoms with Crippen LogP contribution in [0.4, 0.5) is 13.2 Å². The third kappa shape index (κ3) is 8.20. The van der Waals surface area contributed by atoms with Crippen LogP contribution in [0, 0.1) is 0 Å². The second-order valence-electron chi connectivity index (χ2n) is 10.6. The van der Waals surface area contributed by atoms with Gasteiger partial charge in [-0.3, -0.25) is 0 Å². The summed E-state index contributed by atoms with van der Waals surface area (Å²) in [5, 5.41) is 13.3. The first kappa shape index (κ1) is 37.2. The first-order valence-electron chi connectivity index (χ1n) is 13.5. The molecule has 19 heteroatoms. The van der Waals surface area contributed by atoms with Crippen LogP contribution < -0.4 is 14.8 Å². The van der Waals surface area contributed by atoms with E-state index in [2.05, 4.69) is 20.0 Å². The van der Waals surface area contributed by atoms with Crippen molar-refractivity contribution in [3.63, 3.8) is 0 Å². The van der Waals surface area contributed by atoms with Gasteiger partial charge in [-0.2, -0.15) is 17.5 Å². The van der Waals surface area contributed by atoms with Crippen LogP contribution in [0.5, 0.6) is 5.75 Å². The number of nitrogens with zero attached hydrogens (tertiary/aromatic N) is 2. The number of nitrogens with one attached hydrogen (secondary N) is 3. The molecule has 2 aliphatic rings. The van der Waals surface area contributed by atoms with Crippen LogP contribution in [0.2, 0.25) is 0 Å². The molecule has 4 N–H and O–H groups in total. The molecule has 5 rings (SSSR count). The maximum atomic E-state index is 13.3. The lowest BCUT2D eigenvalue weighted by Gasteiger charge is -2.38. The third-order valence-corrected chi connectivity index (χ3v) is 11.0. The number of rotatable bonds is 10. The standard InChI is InChI=1S/C26H32F3N5O7S2.2ClH/c1-30-42(36,37)20-4-2-3-19(9-20)40-16-18(35)12-31-17-11-25(41-15-17)5-7-34(8-6-25)43(38,39)21-10-22-23(26(27,28)29)14-33-24(22)32-13-21;;/h2-4,9-10,13-14,17-18,30-31,35H,5-8,11-12,15-16H2,1H3,(H,32,33);2*1H/t17-,18?;;/m1../s1. The summed E-state index contributed by atoms with van der Waals surface area (Å²) in [5.74, 6) is 0.296. The Morgan fingerprint density at radius 2 is 1.89 bits per heavy atom. The molecule has 4 heterocycles. The monoisotopic (exact) mass is 719 g/mol. The number of benzene rings is 1. The third-order valence-electron chi connectivity index (χ3n) is 7.76. The van der Waals surface area contributed by atoms with E-state index in [1.807, 2.05) is 0 Å². The lowest BCUT2D eigenvalue weighted by atomic mass is 9.88. The highest BCUT2D eigenvalue weighted by Crippen LogP contribution is 2.38. The van der Waals surface area contributed by atoms with Crippen molar-refractivity contribution >= 4 is 55.9 Å². The van der Waals surface area contributed by atoms with Gasteiger partial charge in [0.2, 0.25) is 20.0 Å². The second kappa shape index (κ2) is 14.3. The van der Waals surface area contributed by atoms with Crippen LogP contribution >= 0.6 is 24.8 Å². The molecule has 0 aliphatic carbocycles. The number of sulfonamides is 2. The number of aliphatic hydroxyl groups is 1. The SMILES string of the molecule is CNS(=O)(=O)c1cccc(OCC(O)CN[C@H]2COC3(CCN(S(=O)(=O)c4cnc5[nH]cc(C(F)(F)F)c5c4)CC3)C2)c1.Cl.Cl. The van der Waals surface area contributed by atoms with E-state index < -0.39 is 43.5 Å². The maximum absolute atomic E-state index is 13.3. The largest absolute Gasteiger partial charge is 0.491 e. The molecule has 0 bridgehead atoms. The Morgan fingerprint density at radius 1 is 1.18 bits per heavy atom. The number of hydrogen-bond acceptors (Lipinski definition) is 9. The number of piperidine rings is 1. The lowest BCUT2D eigenvalue weighted by Crippen LogP contribution is -2.47. The Morgan fingerprint density at radius 3 is 2.56 bits per heavy atom. The Balaban J connectivity index is 0.00000276. The number of ether oxygens (including phenoxy) is 2. The van der Waals surface area contributed by atoms with E-state index in [1.165, 1.54) is 29.6 Å². The van der Waals surface area contributed by atoms with E-state index in [1.54, 1.807) is 6.07 Å². The molecule has 0 amide bonds. The van der Waals surface area contributed by atoms with Crippen LogP contribution in [-0.2, 0) is 31.0 Å². The molecule has 3 aromatic rings. The molecule has 2 aromatic heterocycles. The van der Waals surface area contributed by atoms with Crippen molar-refractivity contribution in [3.8, 4) is 5.75 Å². The van der Waals surface area contributed by atoms with Gasteiger partial charge in [-0.25, -0.2) is 26.5 Å². The van der Waals surface area contributed by atoms with E-state index in [0.29, 0.717) is 31.6 Å². The van der Waals surface area contributed by atoms with Crippen molar-refractivity contribution in [2.75, 3.05) is 39.9 Å². The zero-order chi connectivity index (χ0) is 31.0. The van der Waals surface area contributed by atoms with Crippen LogP contribution in [-0.4, -0.2) is 93.9 Å². The normalized spacial score (nSPS) is 19.6. The summed E-state index contributed by atoms with van der Waals surface area (Å²) >= 11 is 0. The lowest BCUT2D eigenvalue weighted by molar-refractivity contribution is -0.136. The summed E-state index contributed by atoms with van der Waals surface area (Å²) in [6.45, 7) is 0.734. The smallest absolute Gasteiger partial charge is 0.418 e. The molecule has 2 fully saturated rings. The quantitative estimate of drug-likeness (QED) is 0.247. The Hall–Kier alpha value is -2.22. The van der Waals surface area contributed by atoms with Crippen molar-refractivity contribution < 1.29 is 44.6 Å². The van der Waals surface area contributed by atoms with Crippen molar-refractivity contribution in [1.29, 1.82) is 0 Å². The van der Waals surface area contributed by atoms with Gasteiger partial charge >= 0.3 is 6.18 Å². The van der Waals surface area contributed by atoms with Gasteiger partial charge in [0.05, 0.1) is 22.7 Å². The Kier molecular flexibility index (Phi) is 11.8. The summed E-state index contributed by atoms with van der Waals surface area (Å²) in [6.07, 6.45) is -2.34. The number of aromatic amines is 1. The molecule has 1 aromatic carbocycles. The number of H-pyrrole nitrogens is 1. The average molecular weight is 721 g/mol. The fourth-order valence-corrected chi connectivity index (χ4v) is 7.55. The summed E-state index contributed by atoms with van der Waals surface area (Å²) < 4.78 is 106. The van der Waals surface area contributed by atoms with Crippen molar-refractivity contribution in [2.45, 2.75) is 53.0 Å². The summed E-state index contributed by atoms with van der Waals surface area (Å²) in [7, 11) is -6.40. The zero-order valence-electron chi connectivity index (χ0n) is 23.9. The van der Waals surface area contributed by atoms with Gasteiger partial charge in [-0.05, 0) is 44.5 Å². The Bertz CT molecular complexity index is 1690. The number of alkyl halides is 3. The van der Waals surface area contributed by atoms with Crippen LogP contribution in [0.3, 0.4) is 0 Å². The molecule has 1 spiro atoms. The molecule has 252 valence electrons. The van der Waals surface area contributed by atoms with Gasteiger partial charge in [0.1, 0.15) is 29.0 Å². The van der Waals surface area contributed by atoms with Crippen molar-refractivity contribution in [3.05, 3.63) is 48.3 Å². The van der Waals surface area contributed by atoms with E-state index in [0.717, 1.165) is 18.5 Å². The molecule has 45 heavy (non-hydrogen) atoms. The molecule has 2 saturated heterocycles. The zero-order valence-corrected chi connectivity index (χ0v) is 27.2. The molecule has 2 atom stereocenters. The highest BCUT2D eigenvalue weighted by atomic mass is 35.5. The Labute approximate surface area is 271 Å².